The quantitative estimate of drug-likeness (QED) is 0.283. The highest BCUT2D eigenvalue weighted by Gasteiger charge is 2.34. The minimum absolute atomic E-state index is 0.141. The topological polar surface area (TPSA) is 34.1 Å². The molecule has 4 aromatic rings. The van der Waals surface area contributed by atoms with Crippen LogP contribution in [0.2, 0.25) is 10.0 Å². The first-order chi connectivity index (χ1) is 14.5. The molecule has 0 N–H and O–H groups in total. The summed E-state index contributed by atoms with van der Waals surface area (Å²) in [5, 5.41) is 1.62. The first-order valence-electron chi connectivity index (χ1n) is 9.02. The van der Waals surface area contributed by atoms with Crippen LogP contribution in [0, 0.1) is 5.82 Å². The Morgan fingerprint density at radius 2 is 1.20 bits per heavy atom. The van der Waals surface area contributed by atoms with Gasteiger partial charge in [0, 0.05) is 31.7 Å². The number of carbonyl (C=O) groups excluding carboxylic acids is 2. The predicted octanol–water partition coefficient (Wildman–Crippen LogP) is 7.21. The molecular weight excluding hydrogens is 442 g/mol. The van der Waals surface area contributed by atoms with Gasteiger partial charge in [0.15, 0.2) is 11.6 Å². The fourth-order valence-electron chi connectivity index (χ4n) is 3.66. The SMILES string of the molecule is O=C1c2ccccc2C(=O)c2c1c(Cl)c1ccc(Sc3ccc(F)cc3)cc1c2Cl. The van der Waals surface area contributed by atoms with Crippen LogP contribution in [-0.2, 0) is 0 Å². The molecule has 5 rings (SSSR count). The number of benzene rings is 4. The monoisotopic (exact) mass is 452 g/mol. The van der Waals surface area contributed by atoms with Crippen LogP contribution in [0.1, 0.15) is 31.8 Å². The fourth-order valence-corrected chi connectivity index (χ4v) is 5.20. The van der Waals surface area contributed by atoms with Gasteiger partial charge in [-0.25, -0.2) is 4.39 Å². The maximum Gasteiger partial charge on any atom is 0.196 e. The summed E-state index contributed by atoms with van der Waals surface area (Å²) in [4.78, 5) is 27.9. The minimum Gasteiger partial charge on any atom is -0.289 e. The molecule has 0 unspecified atom stereocenters. The van der Waals surface area contributed by atoms with E-state index in [9.17, 15) is 14.0 Å². The van der Waals surface area contributed by atoms with E-state index in [0.29, 0.717) is 21.9 Å². The lowest BCUT2D eigenvalue weighted by molar-refractivity contribution is 0.0979. The Bertz CT molecular complexity index is 1380. The molecule has 2 nitrogen and oxygen atoms in total. The number of rotatable bonds is 2. The number of hydrogen-bond donors (Lipinski definition) is 0. The highest BCUT2D eigenvalue weighted by molar-refractivity contribution is 7.99. The van der Waals surface area contributed by atoms with E-state index in [1.54, 1.807) is 42.5 Å². The highest BCUT2D eigenvalue weighted by atomic mass is 35.5. The summed E-state index contributed by atoms with van der Waals surface area (Å²) in [7, 11) is 0. The lowest BCUT2D eigenvalue weighted by atomic mass is 9.82. The van der Waals surface area contributed by atoms with E-state index in [2.05, 4.69) is 0 Å². The van der Waals surface area contributed by atoms with Crippen LogP contribution < -0.4 is 0 Å². The maximum atomic E-state index is 13.2. The lowest BCUT2D eigenvalue weighted by Crippen LogP contribution is -2.22. The molecule has 0 atom stereocenters. The van der Waals surface area contributed by atoms with Crippen LogP contribution in [0.15, 0.2) is 76.5 Å². The molecular formula is C24H11Cl2FO2S. The third kappa shape index (κ3) is 2.95. The number of fused-ring (bicyclic) bond motifs is 3. The Kier molecular flexibility index (Phi) is 4.66. The van der Waals surface area contributed by atoms with Gasteiger partial charge in [-0.05, 0) is 36.4 Å². The van der Waals surface area contributed by atoms with Gasteiger partial charge >= 0.3 is 0 Å². The number of hydrogen-bond acceptors (Lipinski definition) is 3. The van der Waals surface area contributed by atoms with Crippen LogP contribution in [0.3, 0.4) is 0 Å². The predicted molar refractivity (Wildman–Crippen MR) is 118 cm³/mol. The number of ketones is 2. The van der Waals surface area contributed by atoms with Gasteiger partial charge in [-0.15, -0.1) is 0 Å². The molecule has 0 aromatic heterocycles. The summed E-state index contributed by atoms with van der Waals surface area (Å²) in [6, 6.07) is 18.3. The van der Waals surface area contributed by atoms with Crippen LogP contribution in [-0.4, -0.2) is 11.6 Å². The molecule has 4 aromatic carbocycles. The van der Waals surface area contributed by atoms with Crippen molar-refractivity contribution in [2.24, 2.45) is 0 Å². The first-order valence-corrected chi connectivity index (χ1v) is 10.6. The van der Waals surface area contributed by atoms with Crippen LogP contribution in [0.4, 0.5) is 4.39 Å². The van der Waals surface area contributed by atoms with Crippen molar-refractivity contribution in [3.05, 3.63) is 105 Å². The summed E-state index contributed by atoms with van der Waals surface area (Å²) < 4.78 is 13.2. The molecule has 0 saturated heterocycles. The molecule has 0 fully saturated rings. The largest absolute Gasteiger partial charge is 0.289 e. The Morgan fingerprint density at radius 3 is 1.80 bits per heavy atom. The molecule has 1 aliphatic carbocycles. The zero-order valence-electron chi connectivity index (χ0n) is 15.2. The Balaban J connectivity index is 1.70. The van der Waals surface area contributed by atoms with Gasteiger partial charge in [-0.3, -0.25) is 9.59 Å². The molecule has 0 heterocycles. The maximum absolute atomic E-state index is 13.2. The second-order valence-electron chi connectivity index (χ2n) is 6.85. The van der Waals surface area contributed by atoms with Gasteiger partial charge in [-0.1, -0.05) is 65.3 Å². The Hall–Kier alpha value is -2.66. The summed E-state index contributed by atoms with van der Waals surface area (Å²) in [6.07, 6.45) is 0. The van der Waals surface area contributed by atoms with Crippen molar-refractivity contribution in [2.45, 2.75) is 9.79 Å². The summed E-state index contributed by atoms with van der Waals surface area (Å²) in [5.74, 6) is -0.924. The number of halogens is 3. The second kappa shape index (κ2) is 7.24. The van der Waals surface area contributed by atoms with Crippen LogP contribution >= 0.6 is 35.0 Å². The summed E-state index contributed by atoms with van der Waals surface area (Å²) >= 11 is 14.7. The van der Waals surface area contributed by atoms with Gasteiger partial charge in [0.25, 0.3) is 0 Å². The van der Waals surface area contributed by atoms with Gasteiger partial charge in [-0.2, -0.15) is 0 Å². The molecule has 1 aliphatic rings. The lowest BCUT2D eigenvalue weighted by Gasteiger charge is -2.21. The third-order valence-electron chi connectivity index (χ3n) is 5.07. The normalized spacial score (nSPS) is 12.8. The third-order valence-corrected chi connectivity index (χ3v) is 6.86. The average molecular weight is 453 g/mol. The molecule has 30 heavy (non-hydrogen) atoms. The molecule has 6 heteroatoms. The van der Waals surface area contributed by atoms with Gasteiger partial charge in [0.2, 0.25) is 0 Å². The smallest absolute Gasteiger partial charge is 0.196 e. The average Bonchev–Trinajstić information content (AvgIpc) is 2.76. The molecule has 0 bridgehead atoms. The van der Waals surface area contributed by atoms with Crippen molar-refractivity contribution >= 4 is 57.3 Å². The summed E-state index contributed by atoms with van der Waals surface area (Å²) in [5.41, 5.74) is 0.943. The Morgan fingerprint density at radius 1 is 0.667 bits per heavy atom. The van der Waals surface area contributed by atoms with Crippen molar-refractivity contribution in [1.82, 2.24) is 0 Å². The first kappa shape index (κ1) is 19.3. The Labute approximate surface area is 185 Å². The molecule has 0 radical (unpaired) electrons. The van der Waals surface area contributed by atoms with Gasteiger partial charge < -0.3 is 0 Å². The van der Waals surface area contributed by atoms with Crippen LogP contribution in [0.25, 0.3) is 10.8 Å². The van der Waals surface area contributed by atoms with Crippen molar-refractivity contribution in [2.75, 3.05) is 0 Å². The fraction of sp³-hybridized carbons (Fsp3) is 0. The zero-order valence-corrected chi connectivity index (χ0v) is 17.5. The standard InChI is InChI=1S/C24H11Cl2FO2S/c25-21-15-10-9-14(30-13-7-5-12(27)6-8-13)11-18(15)22(26)20-19(21)23(28)16-3-1-2-4-17(16)24(20)29/h1-11H. The van der Waals surface area contributed by atoms with Gasteiger partial charge in [0.1, 0.15) is 5.82 Å². The minimum atomic E-state index is -0.314. The molecule has 0 amide bonds. The van der Waals surface area contributed by atoms with E-state index < -0.39 is 0 Å². The number of carbonyl (C=O) groups is 2. The van der Waals surface area contributed by atoms with Crippen molar-refractivity contribution in [3.8, 4) is 0 Å². The van der Waals surface area contributed by atoms with Crippen molar-refractivity contribution < 1.29 is 14.0 Å². The van der Waals surface area contributed by atoms with E-state index in [0.717, 1.165) is 9.79 Å². The summed E-state index contributed by atoms with van der Waals surface area (Å²) in [6.45, 7) is 0. The van der Waals surface area contributed by atoms with Gasteiger partial charge in [0.05, 0.1) is 21.2 Å². The van der Waals surface area contributed by atoms with E-state index in [1.807, 2.05) is 12.1 Å². The van der Waals surface area contributed by atoms with E-state index in [1.165, 1.54) is 23.9 Å². The second-order valence-corrected chi connectivity index (χ2v) is 8.75. The van der Waals surface area contributed by atoms with E-state index >= 15 is 0 Å². The molecule has 146 valence electrons. The molecule has 0 saturated carbocycles. The molecule has 0 spiro atoms. The van der Waals surface area contributed by atoms with Crippen molar-refractivity contribution in [1.29, 1.82) is 0 Å². The molecule has 0 aliphatic heterocycles. The van der Waals surface area contributed by atoms with E-state index in [-0.39, 0.29) is 38.6 Å². The van der Waals surface area contributed by atoms with Crippen LogP contribution in [0.5, 0.6) is 0 Å². The highest BCUT2D eigenvalue weighted by Crippen LogP contribution is 2.43. The van der Waals surface area contributed by atoms with Crippen molar-refractivity contribution in [3.63, 3.8) is 0 Å². The van der Waals surface area contributed by atoms with E-state index in [4.69, 9.17) is 23.2 Å². The zero-order chi connectivity index (χ0) is 21.0.